The number of hydrogen-bond acceptors (Lipinski definition) is 6. The van der Waals surface area contributed by atoms with Crippen LogP contribution in [0.5, 0.6) is 0 Å². The molecule has 0 aliphatic rings. The molecule has 176 valence electrons. The van der Waals surface area contributed by atoms with Crippen molar-refractivity contribution in [3.8, 4) is 0 Å². The van der Waals surface area contributed by atoms with Gasteiger partial charge in [-0.1, -0.05) is 53.4 Å². The zero-order chi connectivity index (χ0) is 21.4. The first-order valence-corrected chi connectivity index (χ1v) is 11.8. The molecule has 0 atom stereocenters. The third-order valence-corrected chi connectivity index (χ3v) is 4.39. The predicted octanol–water partition coefficient (Wildman–Crippen LogP) is 4.98. The van der Waals surface area contributed by atoms with Crippen molar-refractivity contribution in [3.05, 3.63) is 0 Å². The summed E-state index contributed by atoms with van der Waals surface area (Å²) in [7, 11) is 0. The minimum atomic E-state index is -0.119. The molecule has 0 heterocycles. The van der Waals surface area contributed by atoms with Crippen LogP contribution in [0, 0.1) is 0 Å². The van der Waals surface area contributed by atoms with Crippen LogP contribution in [0.2, 0.25) is 0 Å². The summed E-state index contributed by atoms with van der Waals surface area (Å²) in [4.78, 5) is 0. The van der Waals surface area contributed by atoms with Crippen LogP contribution in [0.15, 0.2) is 0 Å². The van der Waals surface area contributed by atoms with Gasteiger partial charge in [0, 0.05) is 26.4 Å². The SMILES string of the molecule is CCCCOCC(COCCCC)OCOC(COCCCC)COCCCC. The monoisotopic (exact) mass is 420 g/mol. The van der Waals surface area contributed by atoms with Gasteiger partial charge < -0.3 is 28.4 Å². The van der Waals surface area contributed by atoms with Gasteiger partial charge in [-0.2, -0.15) is 0 Å². The highest BCUT2D eigenvalue weighted by Gasteiger charge is 2.14. The lowest BCUT2D eigenvalue weighted by molar-refractivity contribution is -0.168. The van der Waals surface area contributed by atoms with E-state index in [1.807, 2.05) is 0 Å². The Morgan fingerprint density at radius 2 is 0.724 bits per heavy atom. The fourth-order valence-electron chi connectivity index (χ4n) is 2.37. The molecule has 0 saturated carbocycles. The maximum atomic E-state index is 5.90. The highest BCUT2D eigenvalue weighted by atomic mass is 16.7. The highest BCUT2D eigenvalue weighted by Crippen LogP contribution is 2.03. The highest BCUT2D eigenvalue weighted by molar-refractivity contribution is 4.58. The molecule has 0 amide bonds. The second-order valence-electron chi connectivity index (χ2n) is 7.41. The molecule has 29 heavy (non-hydrogen) atoms. The van der Waals surface area contributed by atoms with E-state index < -0.39 is 0 Å². The minimum absolute atomic E-state index is 0.119. The quantitative estimate of drug-likeness (QED) is 0.162. The van der Waals surface area contributed by atoms with Gasteiger partial charge in [0.15, 0.2) is 0 Å². The van der Waals surface area contributed by atoms with Crippen LogP contribution in [-0.4, -0.2) is 71.9 Å². The summed E-state index contributed by atoms with van der Waals surface area (Å²) in [6.45, 7) is 14.0. The van der Waals surface area contributed by atoms with Gasteiger partial charge in [-0.25, -0.2) is 0 Å². The Morgan fingerprint density at radius 3 is 0.966 bits per heavy atom. The molecule has 0 bridgehead atoms. The average Bonchev–Trinajstić information content (AvgIpc) is 2.73. The standard InChI is InChI=1S/C23H48O6/c1-5-9-13-24-17-22(18-25-14-10-6-2)28-21-29-23(19-26-15-11-7-3)20-27-16-12-8-4/h22-23H,5-21H2,1-4H3. The topological polar surface area (TPSA) is 55.4 Å². The Kier molecular flexibility index (Phi) is 23.8. The minimum Gasteiger partial charge on any atom is -0.379 e. The van der Waals surface area contributed by atoms with Gasteiger partial charge >= 0.3 is 0 Å². The molecule has 0 N–H and O–H groups in total. The Bertz CT molecular complexity index is 251. The summed E-state index contributed by atoms with van der Waals surface area (Å²) in [6.07, 6.45) is 8.51. The van der Waals surface area contributed by atoms with Crippen molar-refractivity contribution in [2.45, 2.75) is 91.3 Å². The van der Waals surface area contributed by atoms with Gasteiger partial charge in [-0.15, -0.1) is 0 Å². The molecule has 0 aliphatic carbocycles. The van der Waals surface area contributed by atoms with Crippen LogP contribution < -0.4 is 0 Å². The number of hydrogen-bond donors (Lipinski definition) is 0. The predicted molar refractivity (Wildman–Crippen MR) is 118 cm³/mol. The van der Waals surface area contributed by atoms with Gasteiger partial charge in [0.2, 0.25) is 0 Å². The largest absolute Gasteiger partial charge is 0.379 e. The van der Waals surface area contributed by atoms with E-state index in [1.54, 1.807) is 0 Å². The van der Waals surface area contributed by atoms with Crippen molar-refractivity contribution in [2.75, 3.05) is 59.6 Å². The third-order valence-electron chi connectivity index (χ3n) is 4.39. The van der Waals surface area contributed by atoms with Gasteiger partial charge in [-0.05, 0) is 25.7 Å². The van der Waals surface area contributed by atoms with Crippen molar-refractivity contribution >= 4 is 0 Å². The van der Waals surface area contributed by atoms with Crippen molar-refractivity contribution in [1.29, 1.82) is 0 Å². The first kappa shape index (κ1) is 28.8. The van der Waals surface area contributed by atoms with Crippen molar-refractivity contribution in [2.24, 2.45) is 0 Å². The summed E-state index contributed by atoms with van der Waals surface area (Å²) in [5.41, 5.74) is 0. The molecule has 0 aliphatic heterocycles. The van der Waals surface area contributed by atoms with Crippen LogP contribution in [0.25, 0.3) is 0 Å². The van der Waals surface area contributed by atoms with Crippen LogP contribution >= 0.6 is 0 Å². The Balaban J connectivity index is 4.25. The maximum Gasteiger partial charge on any atom is 0.147 e. The molecule has 0 radical (unpaired) electrons. The molecule has 0 aromatic carbocycles. The van der Waals surface area contributed by atoms with E-state index in [9.17, 15) is 0 Å². The molecule has 0 spiro atoms. The van der Waals surface area contributed by atoms with Crippen molar-refractivity contribution in [1.82, 2.24) is 0 Å². The van der Waals surface area contributed by atoms with E-state index >= 15 is 0 Å². The molecule has 0 unspecified atom stereocenters. The summed E-state index contributed by atoms with van der Waals surface area (Å²) in [6, 6.07) is 0. The normalized spacial score (nSPS) is 11.8. The molecular formula is C23H48O6. The van der Waals surface area contributed by atoms with Gasteiger partial charge in [-0.3, -0.25) is 0 Å². The Morgan fingerprint density at radius 1 is 0.448 bits per heavy atom. The summed E-state index contributed by atoms with van der Waals surface area (Å²) < 4.78 is 34.7. The van der Waals surface area contributed by atoms with E-state index in [0.29, 0.717) is 26.4 Å². The van der Waals surface area contributed by atoms with Gasteiger partial charge in [0.1, 0.15) is 19.0 Å². The smallest absolute Gasteiger partial charge is 0.147 e. The second kappa shape index (κ2) is 24.0. The summed E-state index contributed by atoms with van der Waals surface area (Å²) in [5, 5.41) is 0. The zero-order valence-corrected chi connectivity index (χ0v) is 19.6. The molecule has 0 aromatic heterocycles. The lowest BCUT2D eigenvalue weighted by Gasteiger charge is -2.22. The van der Waals surface area contributed by atoms with E-state index in [2.05, 4.69) is 27.7 Å². The van der Waals surface area contributed by atoms with Crippen molar-refractivity contribution < 1.29 is 28.4 Å². The average molecular weight is 421 g/mol. The first-order valence-electron chi connectivity index (χ1n) is 11.8. The van der Waals surface area contributed by atoms with Crippen molar-refractivity contribution in [3.63, 3.8) is 0 Å². The third kappa shape index (κ3) is 20.8. The van der Waals surface area contributed by atoms with Crippen LogP contribution in [0.1, 0.15) is 79.1 Å². The van der Waals surface area contributed by atoms with E-state index in [1.165, 1.54) is 0 Å². The maximum absolute atomic E-state index is 5.90. The second-order valence-corrected chi connectivity index (χ2v) is 7.41. The molecule has 0 fully saturated rings. The van der Waals surface area contributed by atoms with E-state index in [4.69, 9.17) is 28.4 Å². The van der Waals surface area contributed by atoms with Crippen LogP contribution in [0.3, 0.4) is 0 Å². The van der Waals surface area contributed by atoms with Gasteiger partial charge in [0.05, 0.1) is 26.4 Å². The summed E-state index contributed by atoms with van der Waals surface area (Å²) in [5.74, 6) is 0. The fraction of sp³-hybridized carbons (Fsp3) is 1.00. The first-order chi connectivity index (χ1) is 14.3. The Labute approximate surface area is 179 Å². The fourth-order valence-corrected chi connectivity index (χ4v) is 2.37. The lowest BCUT2D eigenvalue weighted by Crippen LogP contribution is -2.31. The lowest BCUT2D eigenvalue weighted by atomic mass is 10.3. The molecule has 0 rings (SSSR count). The number of rotatable bonds is 24. The zero-order valence-electron chi connectivity index (χ0n) is 19.6. The van der Waals surface area contributed by atoms with E-state index in [0.717, 1.165) is 77.8 Å². The van der Waals surface area contributed by atoms with E-state index in [-0.39, 0.29) is 19.0 Å². The number of ether oxygens (including phenoxy) is 6. The van der Waals surface area contributed by atoms with Gasteiger partial charge in [0.25, 0.3) is 0 Å². The molecule has 6 nitrogen and oxygen atoms in total. The van der Waals surface area contributed by atoms with Crippen LogP contribution in [-0.2, 0) is 28.4 Å². The molecular weight excluding hydrogens is 372 g/mol. The summed E-state index contributed by atoms with van der Waals surface area (Å²) >= 11 is 0. The molecule has 6 heteroatoms. The molecule has 0 aromatic rings. The number of unbranched alkanes of at least 4 members (excludes halogenated alkanes) is 4. The Hall–Kier alpha value is -0.240. The van der Waals surface area contributed by atoms with Crippen LogP contribution in [0.4, 0.5) is 0 Å². The molecule has 0 saturated heterocycles.